The molecule has 0 spiro atoms. The van der Waals surface area contributed by atoms with Crippen molar-refractivity contribution in [3.8, 4) is 0 Å². The van der Waals surface area contributed by atoms with Gasteiger partial charge in [-0.3, -0.25) is 0 Å². The van der Waals surface area contributed by atoms with E-state index in [9.17, 15) is 8.42 Å². The second-order valence-electron chi connectivity index (χ2n) is 7.25. The summed E-state index contributed by atoms with van der Waals surface area (Å²) in [6.07, 6.45) is 1.79. The van der Waals surface area contributed by atoms with Gasteiger partial charge in [-0.05, 0) is 44.2 Å². The minimum absolute atomic E-state index is 0.178. The first-order valence-electron chi connectivity index (χ1n) is 9.39. The lowest BCUT2D eigenvalue weighted by Gasteiger charge is -2.29. The van der Waals surface area contributed by atoms with Crippen LogP contribution in [0.5, 0.6) is 0 Å². The van der Waals surface area contributed by atoms with Crippen LogP contribution in [0.1, 0.15) is 19.9 Å². The van der Waals surface area contributed by atoms with Crippen molar-refractivity contribution in [2.24, 2.45) is 0 Å². The fourth-order valence-electron chi connectivity index (χ4n) is 3.70. The summed E-state index contributed by atoms with van der Waals surface area (Å²) in [7, 11) is -3.58. The fourth-order valence-corrected chi connectivity index (χ4v) is 5.17. The van der Waals surface area contributed by atoms with Crippen LogP contribution in [0, 0.1) is 0 Å². The molecule has 27 heavy (non-hydrogen) atoms. The second kappa shape index (κ2) is 7.02. The maximum absolute atomic E-state index is 13.3. The van der Waals surface area contributed by atoms with Crippen LogP contribution in [-0.2, 0) is 9.84 Å². The molecule has 0 atom stereocenters. The van der Waals surface area contributed by atoms with E-state index in [0.29, 0.717) is 9.79 Å². The van der Waals surface area contributed by atoms with Gasteiger partial charge in [0.1, 0.15) is 0 Å². The molecule has 2 aromatic carbocycles. The highest BCUT2D eigenvalue weighted by atomic mass is 32.2. The molecule has 4 rings (SSSR count). The Hall–Kier alpha value is -2.31. The first kappa shape index (κ1) is 18.1. The summed E-state index contributed by atoms with van der Waals surface area (Å²) in [6.45, 7) is 7.89. The minimum atomic E-state index is -3.58. The van der Waals surface area contributed by atoms with E-state index in [1.807, 2.05) is 16.7 Å². The normalized spacial score (nSPS) is 15.6. The molecule has 0 aliphatic carbocycles. The number of hydrogen-bond donors (Lipinski definition) is 1. The maximum Gasteiger partial charge on any atom is 0.208 e. The number of aromatic nitrogens is 1. The Morgan fingerprint density at radius 1 is 1.00 bits per heavy atom. The first-order chi connectivity index (χ1) is 13.0. The van der Waals surface area contributed by atoms with E-state index in [2.05, 4.69) is 36.2 Å². The van der Waals surface area contributed by atoms with Crippen molar-refractivity contribution < 1.29 is 8.42 Å². The smallest absolute Gasteiger partial charge is 0.208 e. The molecule has 1 N–H and O–H groups in total. The highest BCUT2D eigenvalue weighted by molar-refractivity contribution is 7.91. The number of sulfone groups is 1. The van der Waals surface area contributed by atoms with Gasteiger partial charge in [-0.1, -0.05) is 18.2 Å². The molecule has 2 heterocycles. The number of piperazine rings is 1. The van der Waals surface area contributed by atoms with E-state index < -0.39 is 9.84 Å². The van der Waals surface area contributed by atoms with Gasteiger partial charge in [0, 0.05) is 55.0 Å². The third-order valence-electron chi connectivity index (χ3n) is 5.16. The number of nitrogens with zero attached hydrogens (tertiary/aromatic N) is 2. The van der Waals surface area contributed by atoms with Crippen LogP contribution in [0.15, 0.2) is 64.5 Å². The molecule has 5 nitrogen and oxygen atoms in total. The summed E-state index contributed by atoms with van der Waals surface area (Å²) >= 11 is 0. The van der Waals surface area contributed by atoms with Crippen molar-refractivity contribution in [2.45, 2.75) is 29.7 Å². The number of anilines is 1. The number of fused-ring (bicyclic) bond motifs is 1. The lowest BCUT2D eigenvalue weighted by Crippen LogP contribution is -2.43. The molecule has 1 aliphatic rings. The summed E-state index contributed by atoms with van der Waals surface area (Å²) < 4.78 is 28.7. The van der Waals surface area contributed by atoms with Crippen LogP contribution in [0.3, 0.4) is 0 Å². The summed E-state index contributed by atoms with van der Waals surface area (Å²) in [5, 5.41) is 4.15. The van der Waals surface area contributed by atoms with Gasteiger partial charge >= 0.3 is 0 Å². The van der Waals surface area contributed by atoms with Crippen molar-refractivity contribution in [3.63, 3.8) is 0 Å². The molecule has 6 heteroatoms. The standard InChI is InChI=1S/C21H25N3O2S/c1-16(2)24-15-21(27(25,26)18-6-4-3-5-7-18)19-14-17(8-9-20(19)24)23-12-10-22-11-13-23/h3-9,14-16,22H,10-13H2,1-2H3. The molecule has 3 aromatic rings. The quantitative estimate of drug-likeness (QED) is 0.750. The molecule has 0 bridgehead atoms. The van der Waals surface area contributed by atoms with E-state index in [4.69, 9.17) is 0 Å². The van der Waals surface area contributed by atoms with Gasteiger partial charge in [-0.15, -0.1) is 0 Å². The van der Waals surface area contributed by atoms with Gasteiger partial charge in [0.15, 0.2) is 0 Å². The molecule has 0 amide bonds. The summed E-state index contributed by atoms with van der Waals surface area (Å²) in [5.74, 6) is 0. The molecule has 1 aromatic heterocycles. The van der Waals surface area contributed by atoms with Crippen molar-refractivity contribution in [1.82, 2.24) is 9.88 Å². The summed E-state index contributed by atoms with van der Waals surface area (Å²) in [4.78, 5) is 3.02. The van der Waals surface area contributed by atoms with E-state index in [1.54, 1.807) is 30.5 Å². The van der Waals surface area contributed by atoms with Crippen LogP contribution < -0.4 is 10.2 Å². The van der Waals surface area contributed by atoms with Crippen LogP contribution >= 0.6 is 0 Å². The predicted octanol–water partition coefficient (Wildman–Crippen LogP) is 3.46. The predicted molar refractivity (Wildman–Crippen MR) is 109 cm³/mol. The Morgan fingerprint density at radius 2 is 1.70 bits per heavy atom. The molecule has 0 saturated carbocycles. The first-order valence-corrected chi connectivity index (χ1v) is 10.9. The Labute approximate surface area is 160 Å². The monoisotopic (exact) mass is 383 g/mol. The molecule has 1 aliphatic heterocycles. The molecule has 1 fully saturated rings. The molecule has 0 unspecified atom stereocenters. The Morgan fingerprint density at radius 3 is 2.37 bits per heavy atom. The van der Waals surface area contributed by atoms with Crippen molar-refractivity contribution in [1.29, 1.82) is 0 Å². The van der Waals surface area contributed by atoms with Gasteiger partial charge in [0.2, 0.25) is 9.84 Å². The third kappa shape index (κ3) is 3.24. The Balaban J connectivity index is 1.91. The van der Waals surface area contributed by atoms with Gasteiger partial charge in [0.05, 0.1) is 9.79 Å². The minimum Gasteiger partial charge on any atom is -0.369 e. The van der Waals surface area contributed by atoms with Crippen LogP contribution in [0.2, 0.25) is 0 Å². The van der Waals surface area contributed by atoms with Crippen LogP contribution in [0.25, 0.3) is 10.9 Å². The van der Waals surface area contributed by atoms with E-state index in [-0.39, 0.29) is 6.04 Å². The number of rotatable bonds is 4. The third-order valence-corrected chi connectivity index (χ3v) is 6.96. The molecule has 1 saturated heterocycles. The molecule has 142 valence electrons. The Kier molecular flexibility index (Phi) is 4.70. The topological polar surface area (TPSA) is 54.3 Å². The Bertz CT molecular complexity index is 1050. The summed E-state index contributed by atoms with van der Waals surface area (Å²) in [6, 6.07) is 15.1. The zero-order chi connectivity index (χ0) is 19.0. The molecule has 0 radical (unpaired) electrons. The van der Waals surface area contributed by atoms with Crippen molar-refractivity contribution >= 4 is 26.4 Å². The average Bonchev–Trinajstić information content (AvgIpc) is 3.09. The summed E-state index contributed by atoms with van der Waals surface area (Å²) in [5.41, 5.74) is 2.04. The zero-order valence-electron chi connectivity index (χ0n) is 15.7. The van der Waals surface area contributed by atoms with Crippen molar-refractivity contribution in [3.05, 3.63) is 54.7 Å². The molecular formula is C21H25N3O2S. The van der Waals surface area contributed by atoms with Gasteiger partial charge in [0.25, 0.3) is 0 Å². The van der Waals surface area contributed by atoms with Gasteiger partial charge in [-0.2, -0.15) is 0 Å². The maximum atomic E-state index is 13.3. The molecular weight excluding hydrogens is 358 g/mol. The lowest BCUT2D eigenvalue weighted by atomic mass is 10.2. The van der Waals surface area contributed by atoms with Crippen molar-refractivity contribution in [2.75, 3.05) is 31.1 Å². The highest BCUT2D eigenvalue weighted by Gasteiger charge is 2.24. The van der Waals surface area contributed by atoms with Crippen LogP contribution in [-0.4, -0.2) is 39.2 Å². The van der Waals surface area contributed by atoms with E-state index in [1.165, 1.54) is 0 Å². The van der Waals surface area contributed by atoms with Crippen LogP contribution in [0.4, 0.5) is 5.69 Å². The number of nitrogens with one attached hydrogen (secondary N) is 1. The zero-order valence-corrected chi connectivity index (χ0v) is 16.5. The number of hydrogen-bond acceptors (Lipinski definition) is 4. The van der Waals surface area contributed by atoms with Gasteiger partial charge < -0.3 is 14.8 Å². The average molecular weight is 384 g/mol. The fraction of sp³-hybridized carbons (Fsp3) is 0.333. The SMILES string of the molecule is CC(C)n1cc(S(=O)(=O)c2ccccc2)c2cc(N3CCNCC3)ccc21. The van der Waals surface area contributed by atoms with E-state index in [0.717, 1.165) is 42.8 Å². The number of benzene rings is 2. The van der Waals surface area contributed by atoms with Gasteiger partial charge in [-0.25, -0.2) is 8.42 Å². The van der Waals surface area contributed by atoms with E-state index >= 15 is 0 Å². The lowest BCUT2D eigenvalue weighted by molar-refractivity contribution is 0.589. The highest BCUT2D eigenvalue weighted by Crippen LogP contribution is 2.34. The second-order valence-corrected chi connectivity index (χ2v) is 9.17. The largest absolute Gasteiger partial charge is 0.369 e.